The van der Waals surface area contributed by atoms with Gasteiger partial charge in [-0.05, 0) is 19.1 Å². The number of ether oxygens (including phenoxy) is 1. The van der Waals surface area contributed by atoms with E-state index in [4.69, 9.17) is 9.84 Å². The highest BCUT2D eigenvalue weighted by Crippen LogP contribution is 2.17. The van der Waals surface area contributed by atoms with Crippen molar-refractivity contribution >= 4 is 17.3 Å². The van der Waals surface area contributed by atoms with Gasteiger partial charge in [-0.2, -0.15) is 0 Å². The van der Waals surface area contributed by atoms with Gasteiger partial charge in [0.25, 0.3) is 0 Å². The van der Waals surface area contributed by atoms with Crippen molar-refractivity contribution in [2.45, 2.75) is 13.5 Å². The van der Waals surface area contributed by atoms with E-state index < -0.39 is 5.97 Å². The molecule has 1 heterocycles. The third-order valence-corrected chi connectivity index (χ3v) is 3.09. The number of rotatable bonds is 4. The highest BCUT2D eigenvalue weighted by molar-refractivity contribution is 7.11. The highest BCUT2D eigenvalue weighted by atomic mass is 32.1. The van der Waals surface area contributed by atoms with Crippen LogP contribution < -0.4 is 4.74 Å². The van der Waals surface area contributed by atoms with Gasteiger partial charge in [0.15, 0.2) is 0 Å². The van der Waals surface area contributed by atoms with Gasteiger partial charge in [0, 0.05) is 0 Å². The van der Waals surface area contributed by atoms with Crippen LogP contribution >= 0.6 is 11.3 Å². The van der Waals surface area contributed by atoms with Crippen molar-refractivity contribution in [1.82, 2.24) is 4.98 Å². The fraction of sp³-hybridized carbons (Fsp3) is 0.167. The summed E-state index contributed by atoms with van der Waals surface area (Å²) in [5.41, 5.74) is 3.12. The molecule has 0 fully saturated rings. The first kappa shape index (κ1) is 11.6. The second kappa shape index (κ2) is 4.97. The summed E-state index contributed by atoms with van der Waals surface area (Å²) in [5, 5.41) is 8.90. The number of thiazole rings is 1. The first-order valence-electron chi connectivity index (χ1n) is 5.02. The lowest BCUT2D eigenvalue weighted by atomic mass is 10.2. The summed E-state index contributed by atoms with van der Waals surface area (Å²) in [6, 6.07) is 7.58. The van der Waals surface area contributed by atoms with Gasteiger partial charge in [-0.1, -0.05) is 17.7 Å². The average Bonchev–Trinajstić information content (AvgIpc) is 2.76. The van der Waals surface area contributed by atoms with E-state index in [1.807, 2.05) is 31.2 Å². The highest BCUT2D eigenvalue weighted by Gasteiger charge is 2.13. The van der Waals surface area contributed by atoms with E-state index in [0.29, 0.717) is 11.4 Å². The van der Waals surface area contributed by atoms with Gasteiger partial charge >= 0.3 is 5.97 Å². The molecule has 1 aromatic carbocycles. The topological polar surface area (TPSA) is 59.4 Å². The molecule has 0 bridgehead atoms. The fourth-order valence-corrected chi connectivity index (χ4v) is 1.97. The zero-order chi connectivity index (χ0) is 12.3. The van der Waals surface area contributed by atoms with E-state index >= 15 is 0 Å². The minimum atomic E-state index is -0.963. The quantitative estimate of drug-likeness (QED) is 0.905. The Hall–Kier alpha value is -1.88. The molecule has 5 heteroatoms. The van der Waals surface area contributed by atoms with Crippen LogP contribution in [-0.4, -0.2) is 16.1 Å². The van der Waals surface area contributed by atoms with Crippen molar-refractivity contribution in [1.29, 1.82) is 0 Å². The minimum absolute atomic E-state index is 0.175. The smallest absolute Gasteiger partial charge is 0.347 e. The maximum Gasteiger partial charge on any atom is 0.347 e. The molecule has 0 spiro atoms. The third-order valence-electron chi connectivity index (χ3n) is 2.23. The molecule has 0 saturated carbocycles. The lowest BCUT2D eigenvalue weighted by molar-refractivity contribution is 0.0699. The van der Waals surface area contributed by atoms with E-state index in [2.05, 4.69) is 4.98 Å². The lowest BCUT2D eigenvalue weighted by Crippen LogP contribution is -2.03. The maximum atomic E-state index is 10.9. The number of hydrogen-bond acceptors (Lipinski definition) is 4. The number of aryl methyl sites for hydroxylation is 1. The summed E-state index contributed by atoms with van der Waals surface area (Å²) in [6.07, 6.45) is 0. The number of nitrogens with zero attached hydrogens (tertiary/aromatic N) is 1. The Kier molecular flexibility index (Phi) is 3.39. The Morgan fingerprint density at radius 2 is 2.12 bits per heavy atom. The molecule has 0 radical (unpaired) electrons. The molecular weight excluding hydrogens is 238 g/mol. The molecule has 1 N–H and O–H groups in total. The summed E-state index contributed by atoms with van der Waals surface area (Å²) in [4.78, 5) is 15.1. The normalized spacial score (nSPS) is 10.2. The van der Waals surface area contributed by atoms with Gasteiger partial charge in [0.1, 0.15) is 22.9 Å². The van der Waals surface area contributed by atoms with Crippen molar-refractivity contribution in [3.8, 4) is 5.75 Å². The summed E-state index contributed by atoms with van der Waals surface area (Å²) < 4.78 is 5.48. The standard InChI is InChI=1S/C12H11NO3S/c1-8-2-4-9(5-3-8)16-6-10-11(12(14)15)17-7-13-10/h2-5,7H,6H2,1H3,(H,14,15). The SMILES string of the molecule is Cc1ccc(OCc2ncsc2C(=O)O)cc1. The van der Waals surface area contributed by atoms with Crippen molar-refractivity contribution < 1.29 is 14.6 Å². The Balaban J connectivity index is 2.05. The second-order valence-corrected chi connectivity index (χ2v) is 4.39. The first-order valence-corrected chi connectivity index (χ1v) is 5.90. The molecule has 0 aliphatic heterocycles. The molecule has 0 aliphatic carbocycles. The van der Waals surface area contributed by atoms with Gasteiger partial charge in [0.2, 0.25) is 0 Å². The third kappa shape index (κ3) is 2.82. The van der Waals surface area contributed by atoms with Gasteiger partial charge < -0.3 is 9.84 Å². The van der Waals surface area contributed by atoms with Gasteiger partial charge in [-0.25, -0.2) is 9.78 Å². The van der Waals surface area contributed by atoms with Crippen molar-refractivity contribution in [3.63, 3.8) is 0 Å². The van der Waals surface area contributed by atoms with Crippen molar-refractivity contribution in [3.05, 3.63) is 45.9 Å². The number of carboxylic acid groups (broad SMARTS) is 1. The second-order valence-electron chi connectivity index (χ2n) is 3.54. The van der Waals surface area contributed by atoms with E-state index in [1.54, 1.807) is 0 Å². The molecule has 0 atom stereocenters. The van der Waals surface area contributed by atoms with Crippen molar-refractivity contribution in [2.75, 3.05) is 0 Å². The van der Waals surface area contributed by atoms with Crippen LogP contribution in [0.3, 0.4) is 0 Å². The van der Waals surface area contributed by atoms with Crippen LogP contribution in [0.5, 0.6) is 5.75 Å². The minimum Gasteiger partial charge on any atom is -0.487 e. The van der Waals surface area contributed by atoms with Crippen molar-refractivity contribution in [2.24, 2.45) is 0 Å². The number of aromatic carboxylic acids is 1. The monoisotopic (exact) mass is 249 g/mol. The van der Waals surface area contributed by atoms with Crippen LogP contribution in [0.15, 0.2) is 29.8 Å². The molecule has 2 aromatic rings. The maximum absolute atomic E-state index is 10.9. The lowest BCUT2D eigenvalue weighted by Gasteiger charge is -2.05. The van der Waals surface area contributed by atoms with Crippen LogP contribution in [0.25, 0.3) is 0 Å². The first-order chi connectivity index (χ1) is 8.16. The molecule has 0 aliphatic rings. The molecule has 17 heavy (non-hydrogen) atoms. The van der Waals surface area contributed by atoms with Gasteiger partial charge in [-0.3, -0.25) is 0 Å². The van der Waals surface area contributed by atoms with Gasteiger partial charge in [-0.15, -0.1) is 11.3 Å². The molecule has 1 aromatic heterocycles. The van der Waals surface area contributed by atoms with E-state index in [1.165, 1.54) is 5.51 Å². The number of aromatic nitrogens is 1. The van der Waals surface area contributed by atoms with Crippen LogP contribution in [0.1, 0.15) is 20.9 Å². The molecule has 4 nitrogen and oxygen atoms in total. The molecule has 88 valence electrons. The zero-order valence-corrected chi connectivity index (χ0v) is 10.0. The fourth-order valence-electron chi connectivity index (χ4n) is 1.33. The summed E-state index contributed by atoms with van der Waals surface area (Å²) >= 11 is 1.10. The molecular formula is C12H11NO3S. The van der Waals surface area contributed by atoms with E-state index in [-0.39, 0.29) is 11.5 Å². The Morgan fingerprint density at radius 3 is 2.76 bits per heavy atom. The number of hydrogen-bond donors (Lipinski definition) is 1. The molecule has 0 saturated heterocycles. The van der Waals surface area contributed by atoms with E-state index in [0.717, 1.165) is 16.9 Å². The van der Waals surface area contributed by atoms with Gasteiger partial charge in [0.05, 0.1) is 5.51 Å². The van der Waals surface area contributed by atoms with Crippen LogP contribution in [-0.2, 0) is 6.61 Å². The predicted octanol–water partition coefficient (Wildman–Crippen LogP) is 2.73. The van der Waals surface area contributed by atoms with Crippen LogP contribution in [0.2, 0.25) is 0 Å². The molecule has 2 rings (SSSR count). The van der Waals surface area contributed by atoms with E-state index in [9.17, 15) is 4.79 Å². The number of carbonyl (C=O) groups is 1. The van der Waals surface area contributed by atoms with Crippen LogP contribution in [0, 0.1) is 6.92 Å². The zero-order valence-electron chi connectivity index (χ0n) is 9.21. The molecule has 0 amide bonds. The van der Waals surface area contributed by atoms with Crippen LogP contribution in [0.4, 0.5) is 0 Å². The Bertz CT molecular complexity index is 519. The predicted molar refractivity (Wildman–Crippen MR) is 64.6 cm³/mol. The Labute approximate surface area is 103 Å². The average molecular weight is 249 g/mol. The molecule has 0 unspecified atom stereocenters. The largest absolute Gasteiger partial charge is 0.487 e. The summed E-state index contributed by atoms with van der Waals surface area (Å²) in [5.74, 6) is -0.255. The number of carboxylic acids is 1. The summed E-state index contributed by atoms with van der Waals surface area (Å²) in [6.45, 7) is 2.17. The Morgan fingerprint density at radius 1 is 1.41 bits per heavy atom. The summed E-state index contributed by atoms with van der Waals surface area (Å²) in [7, 11) is 0. The number of benzene rings is 1.